The topological polar surface area (TPSA) is 119 Å². The van der Waals surface area contributed by atoms with E-state index >= 15 is 0 Å². The number of benzene rings is 1. The quantitative estimate of drug-likeness (QED) is 0.215. The molecule has 30 heavy (non-hydrogen) atoms. The van der Waals surface area contributed by atoms with Crippen LogP contribution >= 0.6 is 0 Å². The van der Waals surface area contributed by atoms with Crippen LogP contribution in [0.3, 0.4) is 0 Å². The first-order chi connectivity index (χ1) is 13.5. The van der Waals surface area contributed by atoms with Gasteiger partial charge >= 0.3 is 36.7 Å². The standard InChI is InChI=1S/C13H15F6NO8S2/c1-26-7-20(8-27-2)9-3-5-10(6-4-9)28-30(24,25)13(18,19)11(14,15)12(16,17)29(21,22)23/h3-6H,7-8H2,1-2H3,(H,21,22,23). The van der Waals surface area contributed by atoms with Crippen LogP contribution in [0.25, 0.3) is 0 Å². The molecule has 1 aromatic rings. The molecule has 0 spiro atoms. The van der Waals surface area contributed by atoms with E-state index in [-0.39, 0.29) is 19.1 Å². The van der Waals surface area contributed by atoms with Gasteiger partial charge in [-0.1, -0.05) is 0 Å². The smallest absolute Gasteiger partial charge is 0.378 e. The number of alkyl halides is 6. The summed E-state index contributed by atoms with van der Waals surface area (Å²) in [6.45, 7) is -0.0529. The molecule has 0 aromatic heterocycles. The number of rotatable bonds is 11. The van der Waals surface area contributed by atoms with Gasteiger partial charge in [-0.15, -0.1) is 0 Å². The van der Waals surface area contributed by atoms with Crippen molar-refractivity contribution in [2.75, 3.05) is 32.6 Å². The van der Waals surface area contributed by atoms with Crippen molar-refractivity contribution in [1.29, 1.82) is 0 Å². The van der Waals surface area contributed by atoms with Crippen LogP contribution in [-0.2, 0) is 29.7 Å². The number of ether oxygens (including phenoxy) is 2. The summed E-state index contributed by atoms with van der Waals surface area (Å²) in [6.07, 6.45) is 0. The van der Waals surface area contributed by atoms with Crippen molar-refractivity contribution >= 4 is 25.9 Å². The Labute approximate surface area is 167 Å². The predicted octanol–water partition coefficient (Wildman–Crippen LogP) is 2.12. The van der Waals surface area contributed by atoms with Crippen LogP contribution in [0, 0.1) is 0 Å². The highest BCUT2D eigenvalue weighted by molar-refractivity contribution is 7.88. The second-order valence-corrected chi connectivity index (χ2v) is 8.54. The third kappa shape index (κ3) is 4.74. The molecule has 174 valence electrons. The van der Waals surface area contributed by atoms with Gasteiger partial charge in [0.15, 0.2) is 0 Å². The summed E-state index contributed by atoms with van der Waals surface area (Å²) in [5, 5.41) is -13.6. The van der Waals surface area contributed by atoms with Crippen molar-refractivity contribution in [1.82, 2.24) is 0 Å². The number of anilines is 1. The third-order valence-electron chi connectivity index (χ3n) is 3.35. The van der Waals surface area contributed by atoms with Crippen molar-refractivity contribution in [2.45, 2.75) is 16.4 Å². The maximum atomic E-state index is 13.7. The lowest BCUT2D eigenvalue weighted by Gasteiger charge is -2.29. The largest absolute Gasteiger partial charge is 0.450 e. The van der Waals surface area contributed by atoms with Crippen LogP contribution in [0.5, 0.6) is 5.75 Å². The lowest BCUT2D eigenvalue weighted by atomic mass is 10.3. The first-order valence-corrected chi connectivity index (χ1v) is 10.2. The lowest BCUT2D eigenvalue weighted by Crippen LogP contribution is -2.61. The van der Waals surface area contributed by atoms with Crippen LogP contribution in [0.15, 0.2) is 24.3 Å². The molecule has 0 aliphatic carbocycles. The Morgan fingerprint density at radius 1 is 0.867 bits per heavy atom. The van der Waals surface area contributed by atoms with Gasteiger partial charge in [-0.05, 0) is 24.3 Å². The average molecular weight is 491 g/mol. The minimum absolute atomic E-state index is 0.0264. The molecule has 0 unspecified atom stereocenters. The van der Waals surface area contributed by atoms with Gasteiger partial charge in [0.05, 0.1) is 0 Å². The molecule has 0 bridgehead atoms. The summed E-state index contributed by atoms with van der Waals surface area (Å²) >= 11 is 0. The van der Waals surface area contributed by atoms with Crippen LogP contribution in [0.1, 0.15) is 0 Å². The fraction of sp³-hybridized carbons (Fsp3) is 0.538. The van der Waals surface area contributed by atoms with E-state index in [0.29, 0.717) is 0 Å². The maximum Gasteiger partial charge on any atom is 0.450 e. The molecule has 1 N–H and O–H groups in total. The Hall–Kier alpha value is -1.82. The van der Waals surface area contributed by atoms with Crippen molar-refractivity contribution in [3.8, 4) is 5.75 Å². The fourth-order valence-electron chi connectivity index (χ4n) is 1.88. The van der Waals surface area contributed by atoms with Crippen LogP contribution < -0.4 is 9.08 Å². The van der Waals surface area contributed by atoms with Crippen molar-refractivity contribution in [3.05, 3.63) is 24.3 Å². The molecule has 0 atom stereocenters. The molecule has 0 aliphatic heterocycles. The van der Waals surface area contributed by atoms with Crippen molar-refractivity contribution in [2.24, 2.45) is 0 Å². The van der Waals surface area contributed by atoms with Crippen LogP contribution in [-0.4, -0.2) is 65.5 Å². The Morgan fingerprint density at radius 3 is 1.67 bits per heavy atom. The number of methoxy groups -OCH3 is 2. The van der Waals surface area contributed by atoms with Gasteiger partial charge < -0.3 is 18.6 Å². The highest BCUT2D eigenvalue weighted by Crippen LogP contribution is 2.50. The van der Waals surface area contributed by atoms with E-state index < -0.39 is 42.4 Å². The molecule has 9 nitrogen and oxygen atoms in total. The van der Waals surface area contributed by atoms with Crippen LogP contribution in [0.4, 0.5) is 32.0 Å². The minimum Gasteiger partial charge on any atom is -0.378 e. The summed E-state index contributed by atoms with van der Waals surface area (Å²) in [6, 6.07) is 3.60. The lowest BCUT2D eigenvalue weighted by molar-refractivity contribution is -0.247. The van der Waals surface area contributed by atoms with Crippen molar-refractivity contribution < 1.29 is 61.4 Å². The second kappa shape index (κ2) is 8.74. The van der Waals surface area contributed by atoms with Gasteiger partial charge in [0.1, 0.15) is 19.2 Å². The van der Waals surface area contributed by atoms with Gasteiger partial charge in [0.2, 0.25) is 0 Å². The van der Waals surface area contributed by atoms with Gasteiger partial charge in [-0.2, -0.15) is 43.2 Å². The second-order valence-electron chi connectivity index (χ2n) is 5.49. The Balaban J connectivity index is 3.24. The molecule has 1 rings (SSSR count). The zero-order valence-electron chi connectivity index (χ0n) is 15.1. The molecule has 0 amide bonds. The normalized spacial score (nSPS) is 13.9. The molecule has 0 radical (unpaired) electrons. The zero-order valence-corrected chi connectivity index (χ0v) is 16.7. The Bertz CT molecular complexity index is 931. The van der Waals surface area contributed by atoms with Crippen molar-refractivity contribution in [3.63, 3.8) is 0 Å². The molecular formula is C13H15F6NO8S2. The summed E-state index contributed by atoms with van der Waals surface area (Å²) in [4.78, 5) is 1.41. The third-order valence-corrected chi connectivity index (χ3v) is 5.55. The van der Waals surface area contributed by atoms with E-state index in [4.69, 9.17) is 14.0 Å². The summed E-state index contributed by atoms with van der Waals surface area (Å²) < 4.78 is 146. The Kier molecular flexibility index (Phi) is 7.63. The monoisotopic (exact) mass is 491 g/mol. The van der Waals surface area contributed by atoms with Crippen LogP contribution in [0.2, 0.25) is 0 Å². The highest BCUT2D eigenvalue weighted by Gasteiger charge is 2.83. The van der Waals surface area contributed by atoms with Gasteiger partial charge in [-0.25, -0.2) is 0 Å². The van der Waals surface area contributed by atoms with Gasteiger partial charge in [0.25, 0.3) is 0 Å². The molecule has 1 aromatic carbocycles. The average Bonchev–Trinajstić information content (AvgIpc) is 2.60. The molecular weight excluding hydrogens is 476 g/mol. The number of nitrogens with zero attached hydrogens (tertiary/aromatic N) is 1. The minimum atomic E-state index is -7.12. The summed E-state index contributed by atoms with van der Waals surface area (Å²) in [5.74, 6) is -8.07. The van der Waals surface area contributed by atoms with E-state index in [2.05, 4.69) is 4.18 Å². The number of halogens is 6. The highest BCUT2D eigenvalue weighted by atomic mass is 32.2. The molecule has 0 aliphatic rings. The SMILES string of the molecule is COCN(COC)c1ccc(OS(=O)(=O)C(F)(F)C(F)(F)C(F)(F)S(=O)(=O)O)cc1. The maximum absolute atomic E-state index is 13.7. The zero-order chi connectivity index (χ0) is 23.6. The Morgan fingerprint density at radius 2 is 1.30 bits per heavy atom. The number of hydrogen-bond donors (Lipinski definition) is 1. The van der Waals surface area contributed by atoms with Gasteiger partial charge in [0, 0.05) is 19.9 Å². The molecule has 0 saturated heterocycles. The summed E-state index contributed by atoms with van der Waals surface area (Å²) in [5.41, 5.74) is 0.276. The number of hydrogen-bond acceptors (Lipinski definition) is 8. The van der Waals surface area contributed by atoms with E-state index in [1.54, 1.807) is 0 Å². The van der Waals surface area contributed by atoms with E-state index in [9.17, 15) is 43.2 Å². The fourth-order valence-corrected chi connectivity index (χ4v) is 3.31. The van der Waals surface area contributed by atoms with E-state index in [1.165, 1.54) is 19.1 Å². The summed E-state index contributed by atoms with van der Waals surface area (Å²) in [7, 11) is -11.3. The van der Waals surface area contributed by atoms with E-state index in [0.717, 1.165) is 24.3 Å². The molecule has 17 heteroatoms. The first-order valence-electron chi connectivity index (χ1n) is 7.33. The molecule has 0 heterocycles. The first kappa shape index (κ1) is 26.2. The van der Waals surface area contributed by atoms with Gasteiger partial charge in [-0.3, -0.25) is 4.55 Å². The molecule has 0 fully saturated rings. The predicted molar refractivity (Wildman–Crippen MR) is 88.6 cm³/mol. The molecule has 0 saturated carbocycles. The van der Waals surface area contributed by atoms with E-state index in [1.807, 2.05) is 0 Å².